The van der Waals surface area contributed by atoms with Crippen molar-refractivity contribution < 1.29 is 27.5 Å². The van der Waals surface area contributed by atoms with Crippen LogP contribution in [0.4, 0.5) is 13.2 Å². The van der Waals surface area contributed by atoms with Gasteiger partial charge in [-0.05, 0) is 0 Å². The van der Waals surface area contributed by atoms with E-state index in [1.807, 2.05) is 0 Å². The molecule has 5 nitrogen and oxygen atoms in total. The van der Waals surface area contributed by atoms with E-state index in [0.29, 0.717) is 12.4 Å². The fraction of sp³-hybridized carbons (Fsp3) is 0.333. The second-order valence-electron chi connectivity index (χ2n) is 1.93. The first-order valence-corrected chi connectivity index (χ1v) is 3.26. The van der Waals surface area contributed by atoms with E-state index in [1.165, 1.54) is 6.26 Å². The lowest BCUT2D eigenvalue weighted by molar-refractivity contribution is -0.192. The van der Waals surface area contributed by atoms with Crippen LogP contribution in [-0.4, -0.2) is 22.2 Å². The lowest BCUT2D eigenvalue weighted by atomic mass is 10.7. The number of oxazole rings is 1. The molecular formula is C6H7F3N2O3. The van der Waals surface area contributed by atoms with E-state index in [2.05, 4.69) is 4.98 Å². The molecule has 0 aliphatic carbocycles. The van der Waals surface area contributed by atoms with Crippen LogP contribution in [0.1, 0.15) is 5.89 Å². The normalized spacial score (nSPS) is 10.3. The minimum Gasteiger partial charge on any atom is -0.475 e. The summed E-state index contributed by atoms with van der Waals surface area (Å²) in [5, 5.41) is 7.12. The SMILES string of the molecule is NCc1ncco1.O=C(O)C(F)(F)F. The molecule has 80 valence electrons. The number of carbonyl (C=O) groups is 1. The summed E-state index contributed by atoms with van der Waals surface area (Å²) in [6.07, 6.45) is -2.01. The van der Waals surface area contributed by atoms with Crippen LogP contribution in [0.15, 0.2) is 16.9 Å². The quantitative estimate of drug-likeness (QED) is 0.717. The van der Waals surface area contributed by atoms with E-state index in [9.17, 15) is 13.2 Å². The minimum absolute atomic E-state index is 0.382. The average Bonchev–Trinajstić information content (AvgIpc) is 2.54. The Bertz CT molecular complexity index is 270. The first-order chi connectivity index (χ1) is 6.38. The Morgan fingerprint density at radius 3 is 2.29 bits per heavy atom. The number of rotatable bonds is 1. The van der Waals surface area contributed by atoms with E-state index in [4.69, 9.17) is 20.1 Å². The van der Waals surface area contributed by atoms with Crippen molar-refractivity contribution in [3.63, 3.8) is 0 Å². The molecule has 1 aromatic rings. The van der Waals surface area contributed by atoms with Gasteiger partial charge < -0.3 is 15.3 Å². The molecule has 0 fully saturated rings. The van der Waals surface area contributed by atoms with E-state index in [0.717, 1.165) is 0 Å². The Hall–Kier alpha value is -1.57. The van der Waals surface area contributed by atoms with E-state index in [1.54, 1.807) is 6.20 Å². The van der Waals surface area contributed by atoms with Crippen LogP contribution in [0.25, 0.3) is 0 Å². The maximum absolute atomic E-state index is 10.6. The number of aromatic nitrogens is 1. The van der Waals surface area contributed by atoms with E-state index < -0.39 is 12.1 Å². The first-order valence-electron chi connectivity index (χ1n) is 3.26. The third-order valence-corrected chi connectivity index (χ3v) is 0.901. The lowest BCUT2D eigenvalue weighted by Gasteiger charge is -1.93. The smallest absolute Gasteiger partial charge is 0.475 e. The molecule has 0 saturated carbocycles. The Morgan fingerprint density at radius 1 is 1.64 bits per heavy atom. The first kappa shape index (κ1) is 12.4. The van der Waals surface area contributed by atoms with Gasteiger partial charge in [-0.2, -0.15) is 13.2 Å². The van der Waals surface area contributed by atoms with Crippen LogP contribution >= 0.6 is 0 Å². The number of carboxylic acid groups (broad SMARTS) is 1. The van der Waals surface area contributed by atoms with Gasteiger partial charge in [0.15, 0.2) is 0 Å². The zero-order valence-corrected chi connectivity index (χ0v) is 6.78. The number of aliphatic carboxylic acids is 1. The summed E-state index contributed by atoms with van der Waals surface area (Å²) < 4.78 is 36.5. The maximum Gasteiger partial charge on any atom is 0.490 e. The maximum atomic E-state index is 10.6. The fourth-order valence-electron chi connectivity index (χ4n) is 0.354. The van der Waals surface area contributed by atoms with E-state index >= 15 is 0 Å². The number of halogens is 3. The zero-order chi connectivity index (χ0) is 11.2. The second-order valence-corrected chi connectivity index (χ2v) is 1.93. The molecule has 0 radical (unpaired) electrons. The number of nitrogens with zero attached hydrogens (tertiary/aromatic N) is 1. The van der Waals surface area contributed by atoms with Gasteiger partial charge in [0.1, 0.15) is 6.26 Å². The van der Waals surface area contributed by atoms with Crippen molar-refractivity contribution >= 4 is 5.97 Å². The van der Waals surface area contributed by atoms with Crippen LogP contribution < -0.4 is 5.73 Å². The molecule has 3 N–H and O–H groups in total. The molecule has 0 aliphatic rings. The Morgan fingerprint density at radius 2 is 2.14 bits per heavy atom. The molecule has 0 atom stereocenters. The molecule has 0 saturated heterocycles. The van der Waals surface area contributed by atoms with Gasteiger partial charge in [0.2, 0.25) is 5.89 Å². The highest BCUT2D eigenvalue weighted by atomic mass is 19.4. The predicted molar refractivity (Wildman–Crippen MR) is 38.1 cm³/mol. The molecule has 0 spiro atoms. The van der Waals surface area contributed by atoms with Crippen LogP contribution in [0.2, 0.25) is 0 Å². The minimum atomic E-state index is -5.08. The summed E-state index contributed by atoms with van der Waals surface area (Å²) >= 11 is 0. The van der Waals surface area contributed by atoms with Crippen molar-refractivity contribution in [1.82, 2.24) is 4.98 Å². The molecule has 0 amide bonds. The van der Waals surface area contributed by atoms with Crippen LogP contribution in [0.5, 0.6) is 0 Å². The molecule has 1 aromatic heterocycles. The largest absolute Gasteiger partial charge is 0.490 e. The highest BCUT2D eigenvalue weighted by molar-refractivity contribution is 5.73. The average molecular weight is 212 g/mol. The summed E-state index contributed by atoms with van der Waals surface area (Å²) in [6, 6.07) is 0. The summed E-state index contributed by atoms with van der Waals surface area (Å²) in [5.74, 6) is -2.17. The molecular weight excluding hydrogens is 205 g/mol. The van der Waals surface area contributed by atoms with Gasteiger partial charge in [0.05, 0.1) is 12.7 Å². The van der Waals surface area contributed by atoms with Crippen molar-refractivity contribution in [1.29, 1.82) is 0 Å². The topological polar surface area (TPSA) is 89.4 Å². The second kappa shape index (κ2) is 5.22. The van der Waals surface area contributed by atoms with Gasteiger partial charge in [-0.1, -0.05) is 0 Å². The van der Waals surface area contributed by atoms with Crippen LogP contribution in [0.3, 0.4) is 0 Å². The van der Waals surface area contributed by atoms with Crippen molar-refractivity contribution in [3.8, 4) is 0 Å². The fourth-order valence-corrected chi connectivity index (χ4v) is 0.354. The van der Waals surface area contributed by atoms with Crippen LogP contribution in [0, 0.1) is 0 Å². The number of alkyl halides is 3. The van der Waals surface area contributed by atoms with Gasteiger partial charge in [0, 0.05) is 0 Å². The molecule has 1 heterocycles. The van der Waals surface area contributed by atoms with Crippen LogP contribution in [-0.2, 0) is 11.3 Å². The van der Waals surface area contributed by atoms with Gasteiger partial charge in [-0.3, -0.25) is 0 Å². The highest BCUT2D eigenvalue weighted by Crippen LogP contribution is 2.13. The van der Waals surface area contributed by atoms with Gasteiger partial charge in [0.25, 0.3) is 0 Å². The number of hydrogen-bond donors (Lipinski definition) is 2. The molecule has 0 aromatic carbocycles. The molecule has 0 unspecified atom stereocenters. The Kier molecular flexibility index (Phi) is 4.64. The molecule has 1 rings (SSSR count). The van der Waals surface area contributed by atoms with Gasteiger partial charge >= 0.3 is 12.1 Å². The number of hydrogen-bond acceptors (Lipinski definition) is 4. The van der Waals surface area contributed by atoms with Crippen molar-refractivity contribution in [3.05, 3.63) is 18.4 Å². The standard InChI is InChI=1S/C4H6N2O.C2HF3O2/c5-3-4-6-1-2-7-4;3-2(4,5)1(6)7/h1-2H,3,5H2;(H,6,7). The zero-order valence-electron chi connectivity index (χ0n) is 6.78. The highest BCUT2D eigenvalue weighted by Gasteiger charge is 2.38. The van der Waals surface area contributed by atoms with Gasteiger partial charge in [-0.25, -0.2) is 9.78 Å². The molecule has 0 bridgehead atoms. The summed E-state index contributed by atoms with van der Waals surface area (Å²) in [4.78, 5) is 12.6. The van der Waals surface area contributed by atoms with Crippen molar-refractivity contribution in [2.75, 3.05) is 0 Å². The molecule has 0 aliphatic heterocycles. The van der Waals surface area contributed by atoms with E-state index in [-0.39, 0.29) is 0 Å². The summed E-state index contributed by atoms with van der Waals surface area (Å²) in [6.45, 7) is 0.382. The number of carboxylic acids is 1. The Balaban J connectivity index is 0.000000241. The summed E-state index contributed by atoms with van der Waals surface area (Å²) in [5.41, 5.74) is 5.14. The predicted octanol–water partition coefficient (Wildman–Crippen LogP) is 0.767. The summed E-state index contributed by atoms with van der Waals surface area (Å²) in [7, 11) is 0. The number of nitrogens with two attached hydrogens (primary N) is 1. The lowest BCUT2D eigenvalue weighted by Crippen LogP contribution is -2.21. The van der Waals surface area contributed by atoms with Crippen molar-refractivity contribution in [2.45, 2.75) is 12.7 Å². The third kappa shape index (κ3) is 5.14. The Labute approximate surface area is 76.3 Å². The van der Waals surface area contributed by atoms with Gasteiger partial charge in [-0.15, -0.1) is 0 Å². The van der Waals surface area contributed by atoms with Crippen molar-refractivity contribution in [2.24, 2.45) is 5.73 Å². The molecule has 14 heavy (non-hydrogen) atoms. The molecule has 8 heteroatoms. The third-order valence-electron chi connectivity index (χ3n) is 0.901. The monoisotopic (exact) mass is 212 g/mol.